The monoisotopic (exact) mass is 391 g/mol. The molecule has 1 fully saturated rings. The van der Waals surface area contributed by atoms with E-state index in [2.05, 4.69) is 34.5 Å². The minimum absolute atomic E-state index is 0.0233. The predicted octanol–water partition coefficient (Wildman–Crippen LogP) is 3.45. The molecule has 29 heavy (non-hydrogen) atoms. The Kier molecular flexibility index (Phi) is 6.53. The summed E-state index contributed by atoms with van der Waals surface area (Å²) in [6, 6.07) is 14.8. The van der Waals surface area contributed by atoms with Gasteiger partial charge in [-0.25, -0.2) is 4.39 Å². The molecular weight excluding hydrogens is 365 g/mol. The van der Waals surface area contributed by atoms with Gasteiger partial charge in [-0.15, -0.1) is 0 Å². The first-order valence-electron chi connectivity index (χ1n) is 9.66. The molecule has 0 unspecified atom stereocenters. The number of anilines is 2. The lowest BCUT2D eigenvalue weighted by atomic mass is 10.1. The van der Waals surface area contributed by atoms with Gasteiger partial charge in [0.1, 0.15) is 11.9 Å². The van der Waals surface area contributed by atoms with Gasteiger partial charge < -0.3 is 20.9 Å². The van der Waals surface area contributed by atoms with Gasteiger partial charge in [-0.3, -0.25) is 0 Å². The standard InChI is InChI=1S/C23H26FN5/c1-3-19(26)15-23(17-4-5-18(16-25)22(24)14-17)28(2)20-6-8-21(9-7-20)29-12-10-27-11-13-29/h3-9,14-15,27H,10-13,26H2,1-2H3/b19-3+,23-15-. The number of nitrogens with one attached hydrogen (secondary N) is 1. The number of rotatable bonds is 5. The summed E-state index contributed by atoms with van der Waals surface area (Å²) in [4.78, 5) is 4.32. The Balaban J connectivity index is 1.92. The summed E-state index contributed by atoms with van der Waals surface area (Å²) in [5.41, 5.74) is 10.2. The largest absolute Gasteiger partial charge is 0.399 e. The number of benzene rings is 2. The van der Waals surface area contributed by atoms with Gasteiger partial charge in [0.05, 0.1) is 11.3 Å². The fraction of sp³-hybridized carbons (Fsp3) is 0.261. The number of nitrogens with zero attached hydrogens (tertiary/aromatic N) is 3. The maximum atomic E-state index is 14.2. The molecule has 0 atom stereocenters. The highest BCUT2D eigenvalue weighted by Gasteiger charge is 2.15. The molecule has 1 aliphatic heterocycles. The van der Waals surface area contributed by atoms with Gasteiger partial charge in [0.25, 0.3) is 0 Å². The maximum Gasteiger partial charge on any atom is 0.141 e. The van der Waals surface area contributed by atoms with Gasteiger partial charge in [0.2, 0.25) is 0 Å². The van der Waals surface area contributed by atoms with E-state index in [1.54, 1.807) is 12.1 Å². The molecular formula is C23H26FN5. The third-order valence-corrected chi connectivity index (χ3v) is 5.10. The highest BCUT2D eigenvalue weighted by atomic mass is 19.1. The smallest absolute Gasteiger partial charge is 0.141 e. The molecule has 2 aromatic carbocycles. The molecule has 0 spiro atoms. The van der Waals surface area contributed by atoms with E-state index in [0.29, 0.717) is 11.3 Å². The second kappa shape index (κ2) is 9.26. The number of nitriles is 1. The summed E-state index contributed by atoms with van der Waals surface area (Å²) < 4.78 is 14.2. The topological polar surface area (TPSA) is 68.3 Å². The van der Waals surface area contributed by atoms with Crippen molar-refractivity contribution in [2.75, 3.05) is 43.0 Å². The van der Waals surface area contributed by atoms with E-state index in [4.69, 9.17) is 11.0 Å². The number of allylic oxidation sites excluding steroid dienone is 2. The zero-order chi connectivity index (χ0) is 20.8. The molecule has 1 heterocycles. The third-order valence-electron chi connectivity index (χ3n) is 5.10. The molecule has 6 heteroatoms. The van der Waals surface area contributed by atoms with Gasteiger partial charge in [0, 0.05) is 55.9 Å². The molecule has 2 aromatic rings. The van der Waals surface area contributed by atoms with Crippen molar-refractivity contribution in [2.45, 2.75) is 6.92 Å². The van der Waals surface area contributed by atoms with E-state index in [0.717, 1.165) is 37.6 Å². The van der Waals surface area contributed by atoms with E-state index in [1.165, 1.54) is 17.8 Å². The van der Waals surface area contributed by atoms with Crippen LogP contribution in [0.1, 0.15) is 18.1 Å². The first kappa shape index (κ1) is 20.4. The lowest BCUT2D eigenvalue weighted by molar-refractivity contribution is 0.589. The molecule has 0 saturated carbocycles. The Morgan fingerprint density at radius 2 is 1.90 bits per heavy atom. The van der Waals surface area contributed by atoms with Crippen molar-refractivity contribution in [3.05, 3.63) is 77.3 Å². The van der Waals surface area contributed by atoms with Crippen molar-refractivity contribution >= 4 is 17.1 Å². The zero-order valence-electron chi connectivity index (χ0n) is 16.8. The molecule has 0 aliphatic carbocycles. The van der Waals surface area contributed by atoms with E-state index in [1.807, 2.05) is 31.0 Å². The second-order valence-corrected chi connectivity index (χ2v) is 6.94. The van der Waals surface area contributed by atoms with Crippen LogP contribution in [0.4, 0.5) is 15.8 Å². The first-order valence-corrected chi connectivity index (χ1v) is 9.66. The van der Waals surface area contributed by atoms with Crippen molar-refractivity contribution in [1.29, 1.82) is 5.26 Å². The number of hydrogen-bond donors (Lipinski definition) is 2. The zero-order valence-corrected chi connectivity index (χ0v) is 16.8. The quantitative estimate of drug-likeness (QED) is 0.764. The Bertz CT molecular complexity index is 950. The molecule has 3 rings (SSSR count). The molecule has 0 bridgehead atoms. The number of nitrogens with two attached hydrogens (primary N) is 1. The van der Waals surface area contributed by atoms with Gasteiger partial charge >= 0.3 is 0 Å². The molecule has 1 aliphatic rings. The fourth-order valence-corrected chi connectivity index (χ4v) is 3.33. The minimum Gasteiger partial charge on any atom is -0.399 e. The summed E-state index contributed by atoms with van der Waals surface area (Å²) >= 11 is 0. The lowest BCUT2D eigenvalue weighted by Gasteiger charge is -2.30. The molecule has 150 valence electrons. The molecule has 3 N–H and O–H groups in total. The molecule has 0 amide bonds. The van der Waals surface area contributed by atoms with Gasteiger partial charge in [-0.05, 0) is 49.4 Å². The Morgan fingerprint density at radius 3 is 2.48 bits per heavy atom. The molecule has 0 radical (unpaired) electrons. The average molecular weight is 391 g/mol. The SMILES string of the molecule is C/C=C(N)\C=C(\c1ccc(C#N)c(F)c1)N(C)c1ccc(N2CCNCC2)cc1. The Morgan fingerprint density at radius 1 is 1.21 bits per heavy atom. The van der Waals surface area contributed by atoms with Crippen molar-refractivity contribution < 1.29 is 4.39 Å². The lowest BCUT2D eigenvalue weighted by Crippen LogP contribution is -2.43. The average Bonchev–Trinajstić information content (AvgIpc) is 2.77. The number of halogens is 1. The fourth-order valence-electron chi connectivity index (χ4n) is 3.33. The first-order chi connectivity index (χ1) is 14.0. The molecule has 1 saturated heterocycles. The predicted molar refractivity (Wildman–Crippen MR) is 117 cm³/mol. The van der Waals surface area contributed by atoms with Gasteiger partial charge in [-0.2, -0.15) is 5.26 Å². The highest BCUT2D eigenvalue weighted by Crippen LogP contribution is 2.28. The Hall–Kier alpha value is -3.30. The summed E-state index contributed by atoms with van der Waals surface area (Å²) in [5.74, 6) is -0.544. The van der Waals surface area contributed by atoms with Crippen molar-refractivity contribution in [3.8, 4) is 6.07 Å². The van der Waals surface area contributed by atoms with E-state index in [9.17, 15) is 4.39 Å². The minimum atomic E-state index is -0.544. The van der Waals surface area contributed by atoms with Crippen LogP contribution in [0.2, 0.25) is 0 Å². The van der Waals surface area contributed by atoms with Crippen LogP contribution in [0.15, 0.2) is 60.3 Å². The van der Waals surface area contributed by atoms with Crippen LogP contribution in [-0.2, 0) is 0 Å². The summed E-state index contributed by atoms with van der Waals surface area (Å²) in [5, 5.41) is 12.4. The van der Waals surface area contributed by atoms with Crippen LogP contribution >= 0.6 is 0 Å². The van der Waals surface area contributed by atoms with Crippen molar-refractivity contribution in [3.63, 3.8) is 0 Å². The molecule has 0 aromatic heterocycles. The Labute approximate surface area is 171 Å². The van der Waals surface area contributed by atoms with Gasteiger partial charge in [-0.1, -0.05) is 12.1 Å². The van der Waals surface area contributed by atoms with Crippen LogP contribution in [0.25, 0.3) is 5.70 Å². The van der Waals surface area contributed by atoms with E-state index >= 15 is 0 Å². The van der Waals surface area contributed by atoms with Crippen LogP contribution < -0.4 is 20.9 Å². The summed E-state index contributed by atoms with van der Waals surface area (Å²) in [6.45, 7) is 5.80. The number of piperazine rings is 1. The van der Waals surface area contributed by atoms with Crippen LogP contribution in [0.3, 0.4) is 0 Å². The highest BCUT2D eigenvalue weighted by molar-refractivity contribution is 5.81. The van der Waals surface area contributed by atoms with Crippen LogP contribution in [0, 0.1) is 17.1 Å². The van der Waals surface area contributed by atoms with E-state index < -0.39 is 5.82 Å². The third kappa shape index (κ3) is 4.76. The maximum absolute atomic E-state index is 14.2. The van der Waals surface area contributed by atoms with Gasteiger partial charge in [0.15, 0.2) is 0 Å². The van der Waals surface area contributed by atoms with Crippen molar-refractivity contribution in [1.82, 2.24) is 5.32 Å². The van der Waals surface area contributed by atoms with Crippen LogP contribution in [-0.4, -0.2) is 33.2 Å². The van der Waals surface area contributed by atoms with Crippen LogP contribution in [0.5, 0.6) is 0 Å². The summed E-state index contributed by atoms with van der Waals surface area (Å²) in [7, 11) is 1.92. The van der Waals surface area contributed by atoms with E-state index in [-0.39, 0.29) is 5.56 Å². The number of hydrogen-bond acceptors (Lipinski definition) is 5. The molecule has 5 nitrogen and oxygen atoms in total. The summed E-state index contributed by atoms with van der Waals surface area (Å²) in [6.07, 6.45) is 3.60. The second-order valence-electron chi connectivity index (χ2n) is 6.94. The normalized spacial score (nSPS) is 15.2. The van der Waals surface area contributed by atoms with Crippen molar-refractivity contribution in [2.24, 2.45) is 5.73 Å².